The van der Waals surface area contributed by atoms with Crippen LogP contribution in [0.15, 0.2) is 121 Å². The minimum atomic E-state index is -0.898. The van der Waals surface area contributed by atoms with E-state index in [-0.39, 0.29) is 39.1 Å². The van der Waals surface area contributed by atoms with E-state index in [9.17, 15) is 4.79 Å². The van der Waals surface area contributed by atoms with Gasteiger partial charge < -0.3 is 43.2 Å². The number of alkyl carbamates (subject to hydrolysis) is 1. The second kappa shape index (κ2) is 18.4. The summed E-state index contributed by atoms with van der Waals surface area (Å²) >= 11 is 0. The molecule has 1 amide bonds. The molecule has 6 atom stereocenters. The summed E-state index contributed by atoms with van der Waals surface area (Å²) in [5, 5.41) is 2.88. The molecule has 2 fully saturated rings. The molecule has 2 aliphatic heterocycles. The van der Waals surface area contributed by atoms with Gasteiger partial charge in [0, 0.05) is 6.54 Å². The monoisotopic (exact) mass is 697 g/mol. The number of nitrogens with one attached hydrogen (secondary N) is 1. The zero-order valence-electron chi connectivity index (χ0n) is 29.1. The van der Waals surface area contributed by atoms with E-state index in [2.05, 4.69) is 5.32 Å². The van der Waals surface area contributed by atoms with Gasteiger partial charge in [-0.2, -0.15) is 0 Å². The van der Waals surface area contributed by atoms with E-state index in [0.717, 1.165) is 22.3 Å². The van der Waals surface area contributed by atoms with Crippen molar-refractivity contribution in [1.82, 2.24) is 5.32 Å². The van der Waals surface area contributed by atoms with Crippen molar-refractivity contribution in [2.24, 2.45) is 0 Å². The van der Waals surface area contributed by atoms with Crippen LogP contribution in [0.4, 0.5) is 4.79 Å². The van der Waals surface area contributed by atoms with E-state index < -0.39 is 42.6 Å². The molecule has 10 heteroatoms. The maximum atomic E-state index is 13.0. The van der Waals surface area contributed by atoms with Crippen LogP contribution in [0.3, 0.4) is 0 Å². The molecule has 10 nitrogen and oxygen atoms in total. The summed E-state index contributed by atoms with van der Waals surface area (Å²) in [5.74, 6) is -0.713. The van der Waals surface area contributed by atoms with Crippen LogP contribution in [0, 0.1) is 0 Å². The summed E-state index contributed by atoms with van der Waals surface area (Å²) in [6, 6.07) is 39.2. The Hall–Kier alpha value is -4.13. The van der Waals surface area contributed by atoms with Gasteiger partial charge in [0.1, 0.15) is 37.1 Å². The van der Waals surface area contributed by atoms with E-state index >= 15 is 0 Å². The summed E-state index contributed by atoms with van der Waals surface area (Å²) < 4.78 is 50.5. The fourth-order valence-electron chi connectivity index (χ4n) is 6.05. The predicted molar refractivity (Wildman–Crippen MR) is 189 cm³/mol. The smallest absolute Gasteiger partial charge is 0.407 e. The van der Waals surface area contributed by atoms with E-state index in [4.69, 9.17) is 37.9 Å². The molecule has 4 aromatic carbocycles. The summed E-state index contributed by atoms with van der Waals surface area (Å²) in [6.45, 7) is 5.39. The molecule has 270 valence electrons. The van der Waals surface area contributed by atoms with Crippen LogP contribution in [0.25, 0.3) is 0 Å². The molecule has 0 bridgehead atoms. The molecule has 0 aromatic heterocycles. The van der Waals surface area contributed by atoms with Crippen LogP contribution >= 0.6 is 0 Å². The minimum Gasteiger partial charge on any atom is -0.445 e. The number of ether oxygens (including phenoxy) is 8. The van der Waals surface area contributed by atoms with E-state index in [0.29, 0.717) is 13.2 Å². The first-order valence-electron chi connectivity index (χ1n) is 17.4. The molecule has 1 N–H and O–H groups in total. The first-order valence-corrected chi connectivity index (χ1v) is 17.4. The molecule has 2 aliphatic rings. The number of hydrogen-bond donors (Lipinski definition) is 1. The third-order valence-electron chi connectivity index (χ3n) is 8.62. The van der Waals surface area contributed by atoms with Crippen LogP contribution in [0.1, 0.15) is 36.1 Å². The van der Waals surface area contributed by atoms with E-state index in [1.807, 2.05) is 135 Å². The zero-order chi connectivity index (χ0) is 35.3. The Balaban J connectivity index is 1.26. The first-order chi connectivity index (χ1) is 24.9. The molecule has 2 heterocycles. The number of rotatable bonds is 16. The molecule has 0 radical (unpaired) electrons. The highest BCUT2D eigenvalue weighted by Crippen LogP contribution is 2.32. The second-order valence-electron chi connectivity index (χ2n) is 13.1. The summed E-state index contributed by atoms with van der Waals surface area (Å²) in [7, 11) is 0. The molecule has 6 rings (SSSR count). The molecule has 4 aromatic rings. The van der Waals surface area contributed by atoms with E-state index in [1.54, 1.807) is 0 Å². The highest BCUT2D eigenvalue weighted by atomic mass is 16.8. The van der Waals surface area contributed by atoms with Gasteiger partial charge in [0.05, 0.1) is 33.0 Å². The van der Waals surface area contributed by atoms with E-state index in [1.165, 1.54) is 0 Å². The lowest BCUT2D eigenvalue weighted by molar-refractivity contribution is -0.325. The van der Waals surface area contributed by atoms with Crippen molar-refractivity contribution in [3.8, 4) is 0 Å². The molecule has 0 aliphatic carbocycles. The Morgan fingerprint density at radius 1 is 0.647 bits per heavy atom. The third kappa shape index (κ3) is 11.2. The highest BCUT2D eigenvalue weighted by Gasteiger charge is 2.49. The molecule has 0 saturated carbocycles. The van der Waals surface area contributed by atoms with Crippen molar-refractivity contribution in [2.75, 3.05) is 19.8 Å². The largest absolute Gasteiger partial charge is 0.445 e. The first kappa shape index (κ1) is 36.7. The average Bonchev–Trinajstić information content (AvgIpc) is 3.52. The van der Waals surface area contributed by atoms with Crippen molar-refractivity contribution in [3.63, 3.8) is 0 Å². The van der Waals surface area contributed by atoms with Gasteiger partial charge in [0.15, 0.2) is 12.1 Å². The van der Waals surface area contributed by atoms with Gasteiger partial charge in [-0.05, 0) is 36.1 Å². The lowest BCUT2D eigenvalue weighted by Crippen LogP contribution is -2.63. The number of benzene rings is 4. The van der Waals surface area contributed by atoms with Gasteiger partial charge in [0.25, 0.3) is 0 Å². The van der Waals surface area contributed by atoms with Gasteiger partial charge >= 0.3 is 6.09 Å². The normalized spacial score (nSPS) is 24.2. The topological polar surface area (TPSA) is 103 Å². The van der Waals surface area contributed by atoms with Gasteiger partial charge in [-0.25, -0.2) is 4.79 Å². The standard InChI is InChI=1S/C41H47NO9/c1-41(2)49-29-34(51-41)28-47-39-38(46-26-32-19-11-5-12-20-32)37(45-25-31-17-9-4-10-18-31)36(44-24-30-15-7-3-8-16-30)35(50-39)23-42-40(43)48-27-33-21-13-6-14-22-33/h3-22,34-39H,23-29H2,1-2H3,(H,42,43)/t34-,35+,36+,37-,38+,39-/m0/s1. The number of carbonyl (C=O) groups is 1. The van der Waals surface area contributed by atoms with Crippen molar-refractivity contribution in [2.45, 2.75) is 82.9 Å². The highest BCUT2D eigenvalue weighted by molar-refractivity contribution is 5.67. The van der Waals surface area contributed by atoms with Crippen molar-refractivity contribution < 1.29 is 42.7 Å². The van der Waals surface area contributed by atoms with Crippen molar-refractivity contribution in [3.05, 3.63) is 144 Å². The fraction of sp³-hybridized carbons (Fsp3) is 0.390. The van der Waals surface area contributed by atoms with Crippen LogP contribution in [-0.2, 0) is 64.3 Å². The Morgan fingerprint density at radius 2 is 1.12 bits per heavy atom. The Labute approximate surface area is 299 Å². The summed E-state index contributed by atoms with van der Waals surface area (Å²) in [6.07, 6.45) is -4.53. The Bertz CT molecular complexity index is 1590. The molecular weight excluding hydrogens is 650 g/mol. The van der Waals surface area contributed by atoms with Gasteiger partial charge in [0.2, 0.25) is 0 Å². The third-order valence-corrected chi connectivity index (χ3v) is 8.62. The van der Waals surface area contributed by atoms with Crippen LogP contribution < -0.4 is 5.32 Å². The van der Waals surface area contributed by atoms with Gasteiger partial charge in [-0.1, -0.05) is 121 Å². The lowest BCUT2D eigenvalue weighted by atomic mass is 9.97. The van der Waals surface area contributed by atoms with Crippen LogP contribution in [-0.4, -0.2) is 68.4 Å². The fourth-order valence-corrected chi connectivity index (χ4v) is 6.05. The van der Waals surface area contributed by atoms with Crippen molar-refractivity contribution >= 4 is 6.09 Å². The molecular formula is C41H47NO9. The van der Waals surface area contributed by atoms with Crippen LogP contribution in [0.2, 0.25) is 0 Å². The SMILES string of the molecule is CC1(C)OC[C@H](CO[C@H]2O[C@H](CNC(=O)OCc3ccccc3)[C@@H](OCc3ccccc3)[C@H](OCc3ccccc3)[C@H]2OCc2ccccc2)O1. The van der Waals surface area contributed by atoms with Crippen LogP contribution in [0.5, 0.6) is 0 Å². The molecule has 2 saturated heterocycles. The number of carbonyl (C=O) groups excluding carboxylic acids is 1. The second-order valence-corrected chi connectivity index (χ2v) is 13.1. The zero-order valence-corrected chi connectivity index (χ0v) is 29.1. The Morgan fingerprint density at radius 3 is 1.61 bits per heavy atom. The Kier molecular flexibility index (Phi) is 13.2. The lowest BCUT2D eigenvalue weighted by Gasteiger charge is -2.46. The summed E-state index contributed by atoms with van der Waals surface area (Å²) in [4.78, 5) is 13.0. The predicted octanol–water partition coefficient (Wildman–Crippen LogP) is 6.56. The molecule has 0 unspecified atom stereocenters. The minimum absolute atomic E-state index is 0.0691. The van der Waals surface area contributed by atoms with Gasteiger partial charge in [-0.3, -0.25) is 0 Å². The summed E-state index contributed by atoms with van der Waals surface area (Å²) in [5.41, 5.74) is 3.84. The maximum absolute atomic E-state index is 13.0. The van der Waals surface area contributed by atoms with Gasteiger partial charge in [-0.15, -0.1) is 0 Å². The maximum Gasteiger partial charge on any atom is 0.407 e. The average molecular weight is 698 g/mol. The molecule has 0 spiro atoms. The quantitative estimate of drug-likeness (QED) is 0.139. The number of amides is 1. The number of hydrogen-bond acceptors (Lipinski definition) is 9. The molecule has 51 heavy (non-hydrogen) atoms. The van der Waals surface area contributed by atoms with Crippen molar-refractivity contribution in [1.29, 1.82) is 0 Å².